The fourth-order valence-corrected chi connectivity index (χ4v) is 2.93. The number of carbonyl (C=O) groups is 1. The fraction of sp³-hybridized carbons (Fsp3) is 0.889. The molecule has 3 fully saturated rings. The van der Waals surface area contributed by atoms with E-state index in [1.165, 1.54) is 0 Å². The molecule has 0 bridgehead atoms. The van der Waals surface area contributed by atoms with Gasteiger partial charge in [-0.2, -0.15) is 0 Å². The van der Waals surface area contributed by atoms with Gasteiger partial charge in [0.05, 0.1) is 12.1 Å². The van der Waals surface area contributed by atoms with E-state index in [0.717, 1.165) is 19.5 Å². The monoisotopic (exact) mass is 183 g/mol. The van der Waals surface area contributed by atoms with Crippen molar-refractivity contribution in [2.45, 2.75) is 31.1 Å². The van der Waals surface area contributed by atoms with Gasteiger partial charge in [0.25, 0.3) is 0 Å². The van der Waals surface area contributed by atoms with Crippen molar-refractivity contribution < 1.29 is 14.6 Å². The summed E-state index contributed by atoms with van der Waals surface area (Å²) in [6.45, 7) is 1.93. The zero-order chi connectivity index (χ0) is 9.00. The summed E-state index contributed by atoms with van der Waals surface area (Å²) in [5.41, 5.74) is 0. The van der Waals surface area contributed by atoms with Gasteiger partial charge in [0, 0.05) is 13.1 Å². The van der Waals surface area contributed by atoms with E-state index in [2.05, 4.69) is 4.90 Å². The highest BCUT2D eigenvalue weighted by Crippen LogP contribution is 2.39. The number of carbonyl (C=O) groups excluding carboxylic acids is 1. The summed E-state index contributed by atoms with van der Waals surface area (Å²) in [7, 11) is 0. The maximum Gasteiger partial charge on any atom is 0.313 e. The number of ether oxygens (including phenoxy) is 1. The van der Waals surface area contributed by atoms with Crippen LogP contribution in [0.5, 0.6) is 0 Å². The maximum absolute atomic E-state index is 11.4. The standard InChI is InChI=1S/C9H13NO3/c11-5-1-3-10-4-2-6-8(10)7(5)9(12)13-6/h5-8,11H,1-4H2/t5-,6+,7-,8-/m0/s1. The molecule has 4 atom stereocenters. The first-order valence-electron chi connectivity index (χ1n) is 4.90. The predicted octanol–water partition coefficient (Wildman–Crippen LogP) is -0.633. The topological polar surface area (TPSA) is 49.8 Å². The van der Waals surface area contributed by atoms with E-state index >= 15 is 0 Å². The Morgan fingerprint density at radius 1 is 1.38 bits per heavy atom. The maximum atomic E-state index is 11.4. The Kier molecular flexibility index (Phi) is 1.46. The summed E-state index contributed by atoms with van der Waals surface area (Å²) in [5.74, 6) is -0.451. The zero-order valence-corrected chi connectivity index (χ0v) is 7.35. The number of hydrogen-bond donors (Lipinski definition) is 1. The summed E-state index contributed by atoms with van der Waals surface area (Å²) >= 11 is 0. The van der Waals surface area contributed by atoms with E-state index < -0.39 is 6.10 Å². The van der Waals surface area contributed by atoms with Crippen molar-refractivity contribution in [3.05, 3.63) is 0 Å². The van der Waals surface area contributed by atoms with Gasteiger partial charge in [0.15, 0.2) is 0 Å². The molecule has 3 aliphatic heterocycles. The molecule has 4 nitrogen and oxygen atoms in total. The minimum absolute atomic E-state index is 0.0625. The number of esters is 1. The highest BCUT2D eigenvalue weighted by molar-refractivity contribution is 5.77. The van der Waals surface area contributed by atoms with Crippen LogP contribution in [0.2, 0.25) is 0 Å². The Hall–Kier alpha value is -0.610. The third kappa shape index (κ3) is 0.901. The van der Waals surface area contributed by atoms with Gasteiger partial charge >= 0.3 is 5.97 Å². The van der Waals surface area contributed by atoms with Crippen LogP contribution in [0.15, 0.2) is 0 Å². The molecular formula is C9H13NO3. The SMILES string of the molecule is O=C1O[C@@H]2CCN3CC[C@H](O)[C@H]1[C@H]23. The fourth-order valence-electron chi connectivity index (χ4n) is 2.93. The van der Waals surface area contributed by atoms with Crippen LogP contribution in [-0.4, -0.2) is 47.3 Å². The first kappa shape index (κ1) is 7.76. The van der Waals surface area contributed by atoms with Crippen LogP contribution in [0.25, 0.3) is 0 Å². The largest absolute Gasteiger partial charge is 0.460 e. The van der Waals surface area contributed by atoms with Crippen molar-refractivity contribution in [3.63, 3.8) is 0 Å². The number of nitrogens with zero attached hydrogens (tertiary/aromatic N) is 1. The van der Waals surface area contributed by atoms with Gasteiger partial charge in [0.2, 0.25) is 0 Å². The molecule has 4 heteroatoms. The molecule has 0 aliphatic carbocycles. The molecule has 1 N–H and O–H groups in total. The van der Waals surface area contributed by atoms with Crippen LogP contribution in [0.4, 0.5) is 0 Å². The summed E-state index contributed by atoms with van der Waals surface area (Å²) in [6.07, 6.45) is 1.24. The van der Waals surface area contributed by atoms with E-state index in [0.29, 0.717) is 6.42 Å². The first-order valence-corrected chi connectivity index (χ1v) is 4.90. The third-order valence-electron chi connectivity index (χ3n) is 3.54. The molecule has 0 amide bonds. The van der Waals surface area contributed by atoms with Crippen LogP contribution in [0.3, 0.4) is 0 Å². The number of aliphatic hydroxyl groups is 1. The second-order valence-corrected chi connectivity index (χ2v) is 4.17. The lowest BCUT2D eigenvalue weighted by Gasteiger charge is -2.34. The van der Waals surface area contributed by atoms with E-state index in [1.807, 2.05) is 0 Å². The molecule has 3 rings (SSSR count). The minimum atomic E-state index is -0.475. The van der Waals surface area contributed by atoms with Crippen molar-refractivity contribution >= 4 is 5.97 Å². The van der Waals surface area contributed by atoms with Crippen molar-refractivity contribution in [2.24, 2.45) is 5.92 Å². The van der Waals surface area contributed by atoms with Gasteiger partial charge in [0.1, 0.15) is 12.0 Å². The smallest absolute Gasteiger partial charge is 0.313 e. The van der Waals surface area contributed by atoms with E-state index in [9.17, 15) is 9.90 Å². The zero-order valence-electron chi connectivity index (χ0n) is 7.35. The second kappa shape index (κ2) is 2.45. The van der Waals surface area contributed by atoms with Crippen molar-refractivity contribution in [2.75, 3.05) is 13.1 Å². The van der Waals surface area contributed by atoms with Gasteiger partial charge in [-0.25, -0.2) is 0 Å². The van der Waals surface area contributed by atoms with Crippen LogP contribution in [0.1, 0.15) is 12.8 Å². The molecule has 0 radical (unpaired) electrons. The van der Waals surface area contributed by atoms with Gasteiger partial charge in [-0.1, -0.05) is 0 Å². The lowest BCUT2D eigenvalue weighted by atomic mass is 9.88. The average Bonchev–Trinajstić information content (AvgIpc) is 2.61. The normalized spacial score (nSPS) is 49.2. The molecule has 72 valence electrons. The van der Waals surface area contributed by atoms with Gasteiger partial charge in [-0.05, 0) is 12.8 Å². The molecule has 3 heterocycles. The Labute approximate surface area is 76.5 Å². The van der Waals surface area contributed by atoms with Crippen molar-refractivity contribution in [3.8, 4) is 0 Å². The first-order chi connectivity index (χ1) is 6.27. The molecule has 3 saturated heterocycles. The molecule has 0 aromatic heterocycles. The lowest BCUT2D eigenvalue weighted by Crippen LogP contribution is -2.49. The summed E-state index contributed by atoms with van der Waals surface area (Å²) < 4.78 is 5.23. The third-order valence-corrected chi connectivity index (χ3v) is 3.54. The highest BCUT2D eigenvalue weighted by Gasteiger charge is 2.55. The number of piperidine rings is 1. The molecule has 0 saturated carbocycles. The summed E-state index contributed by atoms with van der Waals surface area (Å²) in [4.78, 5) is 13.7. The van der Waals surface area contributed by atoms with Crippen LogP contribution >= 0.6 is 0 Å². The van der Waals surface area contributed by atoms with Gasteiger partial charge in [-0.15, -0.1) is 0 Å². The predicted molar refractivity (Wildman–Crippen MR) is 44.0 cm³/mol. The van der Waals surface area contributed by atoms with E-state index in [-0.39, 0.29) is 24.0 Å². The van der Waals surface area contributed by atoms with E-state index in [4.69, 9.17) is 4.74 Å². The van der Waals surface area contributed by atoms with E-state index in [1.54, 1.807) is 0 Å². The second-order valence-electron chi connectivity index (χ2n) is 4.17. The number of hydrogen-bond acceptors (Lipinski definition) is 4. The Morgan fingerprint density at radius 2 is 2.15 bits per heavy atom. The van der Waals surface area contributed by atoms with Gasteiger partial charge in [-0.3, -0.25) is 9.69 Å². The highest BCUT2D eigenvalue weighted by atomic mass is 16.6. The molecule has 3 aliphatic rings. The average molecular weight is 183 g/mol. The van der Waals surface area contributed by atoms with Crippen molar-refractivity contribution in [1.82, 2.24) is 4.90 Å². The molecular weight excluding hydrogens is 170 g/mol. The van der Waals surface area contributed by atoms with Gasteiger partial charge < -0.3 is 9.84 Å². The number of aliphatic hydroxyl groups excluding tert-OH is 1. The lowest BCUT2D eigenvalue weighted by molar-refractivity contribution is -0.148. The van der Waals surface area contributed by atoms with Crippen molar-refractivity contribution in [1.29, 1.82) is 0 Å². The molecule has 13 heavy (non-hydrogen) atoms. The summed E-state index contributed by atoms with van der Waals surface area (Å²) in [6, 6.07) is 0.177. The van der Waals surface area contributed by atoms with Crippen LogP contribution in [0, 0.1) is 5.92 Å². The molecule has 0 aromatic rings. The number of rotatable bonds is 0. The molecule has 0 aromatic carbocycles. The Bertz CT molecular complexity index is 255. The quantitative estimate of drug-likeness (QED) is 0.508. The minimum Gasteiger partial charge on any atom is -0.460 e. The summed E-state index contributed by atoms with van der Waals surface area (Å²) in [5, 5.41) is 9.69. The van der Waals surface area contributed by atoms with Crippen LogP contribution < -0.4 is 0 Å². The molecule has 0 spiro atoms. The Balaban J connectivity index is 1.95. The Morgan fingerprint density at radius 3 is 3.00 bits per heavy atom. The van der Waals surface area contributed by atoms with Crippen LogP contribution in [-0.2, 0) is 9.53 Å². The molecule has 0 unspecified atom stereocenters.